The van der Waals surface area contributed by atoms with Crippen LogP contribution >= 0.6 is 11.6 Å². The van der Waals surface area contributed by atoms with Crippen LogP contribution in [0.3, 0.4) is 0 Å². The number of hydrogen-bond donors (Lipinski definition) is 1. The maximum Gasteiger partial charge on any atom is 0.129 e. The summed E-state index contributed by atoms with van der Waals surface area (Å²) in [7, 11) is 0. The highest BCUT2D eigenvalue weighted by Crippen LogP contribution is 2.28. The summed E-state index contributed by atoms with van der Waals surface area (Å²) in [4.78, 5) is 0. The molecule has 0 saturated heterocycles. The van der Waals surface area contributed by atoms with E-state index in [-0.39, 0.29) is 11.9 Å². The van der Waals surface area contributed by atoms with E-state index in [0.29, 0.717) is 17.2 Å². The van der Waals surface area contributed by atoms with Gasteiger partial charge in [0.25, 0.3) is 0 Å². The third-order valence-electron chi connectivity index (χ3n) is 3.18. The van der Waals surface area contributed by atoms with Crippen molar-refractivity contribution >= 4 is 11.6 Å². The molecule has 2 nitrogen and oxygen atoms in total. The molecule has 4 heteroatoms. The topological polar surface area (TPSA) is 21.3 Å². The SMILES string of the molecule is CCNC(c1cccc(OCC)c1)c1ccc(Cl)cc1F. The number of rotatable bonds is 6. The first-order chi connectivity index (χ1) is 10.2. The van der Waals surface area contributed by atoms with Crippen LogP contribution in [0.5, 0.6) is 5.75 Å². The molecular weight excluding hydrogens is 289 g/mol. The minimum Gasteiger partial charge on any atom is -0.494 e. The molecule has 0 aliphatic heterocycles. The van der Waals surface area contributed by atoms with Gasteiger partial charge in [-0.25, -0.2) is 4.39 Å². The van der Waals surface area contributed by atoms with E-state index in [1.165, 1.54) is 6.07 Å². The molecule has 0 aliphatic carbocycles. The Morgan fingerprint density at radius 1 is 1.19 bits per heavy atom. The molecule has 112 valence electrons. The maximum atomic E-state index is 14.2. The van der Waals surface area contributed by atoms with Gasteiger partial charge in [-0.1, -0.05) is 36.7 Å². The summed E-state index contributed by atoms with van der Waals surface area (Å²) < 4.78 is 19.7. The number of nitrogens with one attached hydrogen (secondary N) is 1. The fraction of sp³-hybridized carbons (Fsp3) is 0.294. The van der Waals surface area contributed by atoms with Crippen molar-refractivity contribution in [3.63, 3.8) is 0 Å². The van der Waals surface area contributed by atoms with E-state index in [9.17, 15) is 4.39 Å². The number of halogens is 2. The smallest absolute Gasteiger partial charge is 0.129 e. The van der Waals surface area contributed by atoms with E-state index in [1.54, 1.807) is 12.1 Å². The van der Waals surface area contributed by atoms with Gasteiger partial charge in [0.15, 0.2) is 0 Å². The van der Waals surface area contributed by atoms with Gasteiger partial charge in [0, 0.05) is 10.6 Å². The first kappa shape index (κ1) is 15.8. The Hall–Kier alpha value is -1.58. The second-order valence-corrected chi connectivity index (χ2v) is 5.10. The van der Waals surface area contributed by atoms with E-state index in [1.807, 2.05) is 38.1 Å². The van der Waals surface area contributed by atoms with E-state index >= 15 is 0 Å². The summed E-state index contributed by atoms with van der Waals surface area (Å²) in [5, 5.41) is 3.70. The molecule has 0 aromatic heterocycles. The van der Waals surface area contributed by atoms with Crippen LogP contribution in [0.4, 0.5) is 4.39 Å². The molecule has 0 heterocycles. The summed E-state index contributed by atoms with van der Waals surface area (Å²) >= 11 is 5.83. The molecule has 0 amide bonds. The lowest BCUT2D eigenvalue weighted by Crippen LogP contribution is -2.23. The molecule has 0 spiro atoms. The zero-order chi connectivity index (χ0) is 15.2. The molecule has 0 saturated carbocycles. The Morgan fingerprint density at radius 3 is 2.67 bits per heavy atom. The summed E-state index contributed by atoms with van der Waals surface area (Å²) in [6, 6.07) is 12.2. The summed E-state index contributed by atoms with van der Waals surface area (Å²) in [6.45, 7) is 5.26. The molecule has 0 fully saturated rings. The van der Waals surface area contributed by atoms with Crippen LogP contribution in [-0.2, 0) is 0 Å². The van der Waals surface area contributed by atoms with Crippen molar-refractivity contribution in [2.24, 2.45) is 0 Å². The van der Waals surface area contributed by atoms with Crippen molar-refractivity contribution in [2.75, 3.05) is 13.2 Å². The minimum atomic E-state index is -0.310. The molecule has 2 rings (SSSR count). The standard InChI is InChI=1S/C17H19ClFNO/c1-3-20-17(15-9-8-13(18)11-16(15)19)12-6-5-7-14(10-12)21-4-2/h5-11,17,20H,3-4H2,1-2H3. The highest BCUT2D eigenvalue weighted by Gasteiger charge is 2.17. The van der Waals surface area contributed by atoms with E-state index in [4.69, 9.17) is 16.3 Å². The van der Waals surface area contributed by atoms with E-state index < -0.39 is 0 Å². The van der Waals surface area contributed by atoms with Crippen LogP contribution in [0.25, 0.3) is 0 Å². The minimum absolute atomic E-state index is 0.229. The van der Waals surface area contributed by atoms with Crippen molar-refractivity contribution in [3.05, 3.63) is 64.4 Å². The Kier molecular flexibility index (Phi) is 5.59. The first-order valence-corrected chi connectivity index (χ1v) is 7.44. The molecule has 2 aromatic carbocycles. The second-order valence-electron chi connectivity index (χ2n) is 4.66. The second kappa shape index (κ2) is 7.43. The van der Waals surface area contributed by atoms with E-state index in [0.717, 1.165) is 17.9 Å². The quantitative estimate of drug-likeness (QED) is 0.843. The monoisotopic (exact) mass is 307 g/mol. The van der Waals surface area contributed by atoms with Gasteiger partial charge < -0.3 is 10.1 Å². The van der Waals surface area contributed by atoms with Gasteiger partial charge in [-0.15, -0.1) is 0 Å². The maximum absolute atomic E-state index is 14.2. The highest BCUT2D eigenvalue weighted by molar-refractivity contribution is 6.30. The van der Waals surface area contributed by atoms with Gasteiger partial charge >= 0.3 is 0 Å². The fourth-order valence-electron chi connectivity index (χ4n) is 2.30. The van der Waals surface area contributed by atoms with Gasteiger partial charge in [0.2, 0.25) is 0 Å². The van der Waals surface area contributed by atoms with Crippen LogP contribution in [0.2, 0.25) is 5.02 Å². The number of benzene rings is 2. The molecule has 21 heavy (non-hydrogen) atoms. The predicted octanol–water partition coefficient (Wildman–Crippen LogP) is 4.58. The van der Waals surface area contributed by atoms with Crippen LogP contribution < -0.4 is 10.1 Å². The molecule has 1 unspecified atom stereocenters. The highest BCUT2D eigenvalue weighted by atomic mass is 35.5. The molecule has 0 bridgehead atoms. The Morgan fingerprint density at radius 2 is 2.00 bits per heavy atom. The zero-order valence-corrected chi connectivity index (χ0v) is 13.0. The van der Waals surface area contributed by atoms with Crippen molar-refractivity contribution in [2.45, 2.75) is 19.9 Å². The lowest BCUT2D eigenvalue weighted by atomic mass is 9.98. The zero-order valence-electron chi connectivity index (χ0n) is 12.2. The number of ether oxygens (including phenoxy) is 1. The average molecular weight is 308 g/mol. The third-order valence-corrected chi connectivity index (χ3v) is 3.42. The first-order valence-electron chi connectivity index (χ1n) is 7.06. The molecule has 0 radical (unpaired) electrons. The largest absolute Gasteiger partial charge is 0.494 e. The third kappa shape index (κ3) is 3.96. The van der Waals surface area contributed by atoms with Crippen LogP contribution in [-0.4, -0.2) is 13.2 Å². The summed E-state index contributed by atoms with van der Waals surface area (Å²) in [5.41, 5.74) is 1.54. The lowest BCUT2D eigenvalue weighted by Gasteiger charge is -2.20. The predicted molar refractivity (Wildman–Crippen MR) is 84.5 cm³/mol. The Labute approximate surface area is 129 Å². The molecule has 1 atom stereocenters. The van der Waals surface area contributed by atoms with Gasteiger partial charge in [-0.2, -0.15) is 0 Å². The van der Waals surface area contributed by atoms with Crippen molar-refractivity contribution in [1.29, 1.82) is 0 Å². The van der Waals surface area contributed by atoms with Crippen molar-refractivity contribution in [3.8, 4) is 5.75 Å². The normalized spacial score (nSPS) is 12.2. The van der Waals surface area contributed by atoms with Crippen LogP contribution in [0.1, 0.15) is 31.0 Å². The van der Waals surface area contributed by atoms with Gasteiger partial charge in [-0.05, 0) is 43.3 Å². The van der Waals surface area contributed by atoms with Gasteiger partial charge in [0.1, 0.15) is 11.6 Å². The van der Waals surface area contributed by atoms with Gasteiger partial charge in [0.05, 0.1) is 12.6 Å². The molecule has 0 aliphatic rings. The summed E-state index contributed by atoms with van der Waals surface area (Å²) in [5.74, 6) is 0.475. The molecule has 1 N–H and O–H groups in total. The Balaban J connectivity index is 2.40. The van der Waals surface area contributed by atoms with Crippen molar-refractivity contribution < 1.29 is 9.13 Å². The fourth-order valence-corrected chi connectivity index (χ4v) is 2.46. The van der Waals surface area contributed by atoms with E-state index in [2.05, 4.69) is 5.32 Å². The van der Waals surface area contributed by atoms with Crippen molar-refractivity contribution in [1.82, 2.24) is 5.32 Å². The molecule has 2 aromatic rings. The van der Waals surface area contributed by atoms with Crippen LogP contribution in [0, 0.1) is 5.82 Å². The van der Waals surface area contributed by atoms with Crippen LogP contribution in [0.15, 0.2) is 42.5 Å². The Bertz CT molecular complexity index is 603. The summed E-state index contributed by atoms with van der Waals surface area (Å²) in [6.07, 6.45) is 0. The number of hydrogen-bond acceptors (Lipinski definition) is 2. The molecular formula is C17H19ClFNO. The average Bonchev–Trinajstić information content (AvgIpc) is 2.46. The van der Waals surface area contributed by atoms with Gasteiger partial charge in [-0.3, -0.25) is 0 Å². The lowest BCUT2D eigenvalue weighted by molar-refractivity contribution is 0.339.